The Morgan fingerprint density at radius 3 is 2.60 bits per heavy atom. The molecule has 3 nitrogen and oxygen atoms in total. The minimum absolute atomic E-state index is 0.0703. The van der Waals surface area contributed by atoms with Crippen LogP contribution < -0.4 is 0 Å². The van der Waals surface area contributed by atoms with E-state index in [1.807, 2.05) is 6.92 Å². The molecule has 1 aromatic carbocycles. The summed E-state index contributed by atoms with van der Waals surface area (Å²) in [6.07, 6.45) is 2.74. The molecule has 112 valence electrons. The summed E-state index contributed by atoms with van der Waals surface area (Å²) in [5.41, 5.74) is 0.359. The lowest BCUT2D eigenvalue weighted by atomic mass is 9.89. The highest BCUT2D eigenvalue weighted by molar-refractivity contribution is 5.20. The Morgan fingerprint density at radius 2 is 2.05 bits per heavy atom. The van der Waals surface area contributed by atoms with Gasteiger partial charge < -0.3 is 10.2 Å². The van der Waals surface area contributed by atoms with E-state index in [-0.39, 0.29) is 18.3 Å². The normalized spacial score (nSPS) is 18.9. The summed E-state index contributed by atoms with van der Waals surface area (Å²) in [6.45, 7) is 3.36. The van der Waals surface area contributed by atoms with Crippen molar-refractivity contribution in [1.29, 1.82) is 0 Å². The van der Waals surface area contributed by atoms with Crippen molar-refractivity contribution in [3.05, 3.63) is 35.6 Å². The molecule has 0 saturated heterocycles. The minimum Gasteiger partial charge on any atom is -0.395 e. The molecule has 0 bridgehead atoms. The van der Waals surface area contributed by atoms with Gasteiger partial charge in [-0.3, -0.25) is 4.90 Å². The van der Waals surface area contributed by atoms with Crippen molar-refractivity contribution in [3.8, 4) is 0 Å². The third kappa shape index (κ3) is 3.57. The van der Waals surface area contributed by atoms with Crippen molar-refractivity contribution in [2.75, 3.05) is 19.7 Å². The van der Waals surface area contributed by atoms with E-state index in [4.69, 9.17) is 5.11 Å². The number of rotatable bonds is 7. The van der Waals surface area contributed by atoms with Crippen molar-refractivity contribution >= 4 is 0 Å². The summed E-state index contributed by atoms with van der Waals surface area (Å²) in [5.74, 6) is -0.428. The molecule has 2 N–H and O–H groups in total. The summed E-state index contributed by atoms with van der Waals surface area (Å²) in [4.78, 5) is 2.22. The Hall–Kier alpha value is -0.970. The first-order valence-corrected chi connectivity index (χ1v) is 7.41. The van der Waals surface area contributed by atoms with Crippen LogP contribution in [0.4, 0.5) is 4.39 Å². The number of halogens is 1. The lowest BCUT2D eigenvalue weighted by Gasteiger charge is -2.39. The predicted molar refractivity (Wildman–Crippen MR) is 76.8 cm³/mol. The Labute approximate surface area is 120 Å². The molecule has 0 spiro atoms. The third-order valence-corrected chi connectivity index (χ3v) is 4.26. The summed E-state index contributed by atoms with van der Waals surface area (Å²) in [5, 5.41) is 19.5. The molecule has 2 atom stereocenters. The molecule has 1 aromatic rings. The first-order valence-electron chi connectivity index (χ1n) is 7.41. The van der Waals surface area contributed by atoms with Gasteiger partial charge in [-0.1, -0.05) is 31.5 Å². The topological polar surface area (TPSA) is 43.7 Å². The minimum atomic E-state index is -0.808. The van der Waals surface area contributed by atoms with E-state index in [1.165, 1.54) is 12.5 Å². The maximum atomic E-state index is 13.7. The Bertz CT molecular complexity index is 423. The average molecular weight is 281 g/mol. The molecule has 1 fully saturated rings. The Balaban J connectivity index is 1.98. The Kier molecular flexibility index (Phi) is 5.52. The van der Waals surface area contributed by atoms with Gasteiger partial charge in [0.25, 0.3) is 0 Å². The van der Waals surface area contributed by atoms with Crippen molar-refractivity contribution in [2.24, 2.45) is 5.92 Å². The van der Waals surface area contributed by atoms with E-state index in [0.29, 0.717) is 24.7 Å². The molecule has 0 radical (unpaired) electrons. The smallest absolute Gasteiger partial charge is 0.129 e. The molecule has 0 aliphatic heterocycles. The van der Waals surface area contributed by atoms with Gasteiger partial charge in [-0.25, -0.2) is 4.39 Å². The lowest BCUT2D eigenvalue weighted by Crippen LogP contribution is -2.44. The molecule has 2 unspecified atom stereocenters. The number of hydrogen-bond donors (Lipinski definition) is 2. The van der Waals surface area contributed by atoms with E-state index < -0.39 is 6.10 Å². The molecule has 1 aliphatic rings. The second kappa shape index (κ2) is 7.16. The summed E-state index contributed by atoms with van der Waals surface area (Å²) < 4.78 is 13.7. The van der Waals surface area contributed by atoms with Crippen molar-refractivity contribution in [1.82, 2.24) is 4.90 Å². The van der Waals surface area contributed by atoms with Crippen LogP contribution in [-0.2, 0) is 0 Å². The highest BCUT2D eigenvalue weighted by atomic mass is 19.1. The van der Waals surface area contributed by atoms with Gasteiger partial charge in [0.05, 0.1) is 12.7 Å². The molecular formula is C16H24FNO2. The van der Waals surface area contributed by atoms with E-state index in [9.17, 15) is 9.50 Å². The zero-order valence-electron chi connectivity index (χ0n) is 12.0. The number of aliphatic hydroxyl groups is 2. The predicted octanol–water partition coefficient (Wildman–Crippen LogP) is 2.34. The Morgan fingerprint density at radius 1 is 1.35 bits per heavy atom. The van der Waals surface area contributed by atoms with E-state index in [1.54, 1.807) is 18.2 Å². The first-order chi connectivity index (χ1) is 9.63. The second-order valence-corrected chi connectivity index (χ2v) is 5.75. The fourth-order valence-electron chi connectivity index (χ4n) is 2.79. The standard InChI is InChI=1S/C16H24FNO2/c1-12(11-18(9-10-19)13-5-4-6-13)16(20)14-7-2-3-8-15(14)17/h2-3,7-8,12-13,16,19-20H,4-6,9-11H2,1H3. The zero-order chi connectivity index (χ0) is 14.5. The zero-order valence-corrected chi connectivity index (χ0v) is 12.0. The van der Waals surface area contributed by atoms with Crippen LogP contribution in [0.1, 0.15) is 37.9 Å². The van der Waals surface area contributed by atoms with E-state index in [0.717, 1.165) is 12.8 Å². The van der Waals surface area contributed by atoms with Crippen molar-refractivity contribution in [3.63, 3.8) is 0 Å². The molecular weight excluding hydrogens is 257 g/mol. The SMILES string of the molecule is CC(CN(CCO)C1CCC1)C(O)c1ccccc1F. The fourth-order valence-corrected chi connectivity index (χ4v) is 2.79. The first kappa shape index (κ1) is 15.4. The van der Waals surface area contributed by atoms with Crippen molar-refractivity contribution in [2.45, 2.75) is 38.3 Å². The van der Waals surface area contributed by atoms with Gasteiger partial charge in [-0.05, 0) is 24.8 Å². The molecule has 4 heteroatoms. The van der Waals surface area contributed by atoms with Crippen molar-refractivity contribution < 1.29 is 14.6 Å². The van der Waals surface area contributed by atoms with E-state index in [2.05, 4.69) is 4.90 Å². The van der Waals surface area contributed by atoms with E-state index >= 15 is 0 Å². The quantitative estimate of drug-likeness (QED) is 0.806. The fraction of sp³-hybridized carbons (Fsp3) is 0.625. The molecule has 1 aliphatic carbocycles. The van der Waals surface area contributed by atoms with Gasteiger partial charge in [-0.2, -0.15) is 0 Å². The monoisotopic (exact) mass is 281 g/mol. The highest BCUT2D eigenvalue weighted by Gasteiger charge is 2.28. The van der Waals surface area contributed by atoms with Gasteiger partial charge in [0, 0.05) is 24.7 Å². The van der Waals surface area contributed by atoms with Crippen LogP contribution in [0.25, 0.3) is 0 Å². The lowest BCUT2D eigenvalue weighted by molar-refractivity contribution is 0.0422. The molecule has 2 rings (SSSR count). The van der Waals surface area contributed by atoms with Gasteiger partial charge in [-0.15, -0.1) is 0 Å². The number of aliphatic hydroxyl groups excluding tert-OH is 2. The largest absolute Gasteiger partial charge is 0.395 e. The number of hydrogen-bond acceptors (Lipinski definition) is 3. The molecule has 0 amide bonds. The van der Waals surface area contributed by atoms with Crippen LogP contribution in [0.5, 0.6) is 0 Å². The maximum absolute atomic E-state index is 13.7. The van der Waals surface area contributed by atoms with Crippen LogP contribution in [0.15, 0.2) is 24.3 Å². The van der Waals surface area contributed by atoms with Crippen LogP contribution in [0.2, 0.25) is 0 Å². The third-order valence-electron chi connectivity index (χ3n) is 4.26. The van der Waals surface area contributed by atoms with Gasteiger partial charge in [0.1, 0.15) is 5.82 Å². The summed E-state index contributed by atoms with van der Waals surface area (Å²) in [7, 11) is 0. The second-order valence-electron chi connectivity index (χ2n) is 5.75. The number of nitrogens with zero attached hydrogens (tertiary/aromatic N) is 1. The van der Waals surface area contributed by atoms with Gasteiger partial charge in [0.2, 0.25) is 0 Å². The molecule has 0 aromatic heterocycles. The summed E-state index contributed by atoms with van der Waals surface area (Å²) in [6, 6.07) is 6.89. The number of benzene rings is 1. The van der Waals surface area contributed by atoms with Crippen LogP contribution in [-0.4, -0.2) is 40.9 Å². The van der Waals surface area contributed by atoms with Crippen LogP contribution >= 0.6 is 0 Å². The van der Waals surface area contributed by atoms with Crippen LogP contribution in [0.3, 0.4) is 0 Å². The maximum Gasteiger partial charge on any atom is 0.129 e. The molecule has 1 saturated carbocycles. The average Bonchev–Trinajstić information content (AvgIpc) is 2.36. The van der Waals surface area contributed by atoms with Crippen LogP contribution in [0, 0.1) is 11.7 Å². The molecule has 20 heavy (non-hydrogen) atoms. The van der Waals surface area contributed by atoms with Gasteiger partial charge >= 0.3 is 0 Å². The summed E-state index contributed by atoms with van der Waals surface area (Å²) >= 11 is 0. The van der Waals surface area contributed by atoms with Gasteiger partial charge in [0.15, 0.2) is 0 Å². The molecule has 0 heterocycles. The highest BCUT2D eigenvalue weighted by Crippen LogP contribution is 2.29.